The number of hydrogen-bond acceptors (Lipinski definition) is 5. The molecule has 0 saturated heterocycles. The van der Waals surface area contributed by atoms with Gasteiger partial charge in [0.15, 0.2) is 5.69 Å². The first-order valence-corrected chi connectivity index (χ1v) is 9.55. The molecule has 7 nitrogen and oxygen atoms in total. The SMILES string of the molecule is CCCCCn1nc(C(=O)Nc2ccccc2C(=O)OC)c2ccccc2c1=O. The Morgan fingerprint density at radius 3 is 2.45 bits per heavy atom. The Kier molecular flexibility index (Phi) is 6.39. The van der Waals surface area contributed by atoms with E-state index in [-0.39, 0.29) is 16.8 Å². The molecule has 1 heterocycles. The van der Waals surface area contributed by atoms with Crippen LogP contribution in [0.5, 0.6) is 0 Å². The van der Waals surface area contributed by atoms with Gasteiger partial charge in [0.2, 0.25) is 0 Å². The lowest BCUT2D eigenvalue weighted by atomic mass is 10.1. The van der Waals surface area contributed by atoms with E-state index in [1.807, 2.05) is 0 Å². The summed E-state index contributed by atoms with van der Waals surface area (Å²) in [5, 5.41) is 7.97. The summed E-state index contributed by atoms with van der Waals surface area (Å²) in [6.45, 7) is 2.52. The fourth-order valence-corrected chi connectivity index (χ4v) is 3.13. The third kappa shape index (κ3) is 4.34. The van der Waals surface area contributed by atoms with Gasteiger partial charge in [0, 0.05) is 11.9 Å². The monoisotopic (exact) mass is 393 g/mol. The van der Waals surface area contributed by atoms with Gasteiger partial charge in [-0.3, -0.25) is 9.59 Å². The van der Waals surface area contributed by atoms with Crippen LogP contribution in [0.15, 0.2) is 53.3 Å². The number of carbonyl (C=O) groups is 2. The largest absolute Gasteiger partial charge is 0.465 e. The smallest absolute Gasteiger partial charge is 0.339 e. The predicted molar refractivity (Wildman–Crippen MR) is 111 cm³/mol. The molecule has 29 heavy (non-hydrogen) atoms. The molecule has 0 saturated carbocycles. The number of anilines is 1. The van der Waals surface area contributed by atoms with Crippen molar-refractivity contribution >= 4 is 28.3 Å². The quantitative estimate of drug-likeness (QED) is 0.489. The Hall–Kier alpha value is -3.48. The van der Waals surface area contributed by atoms with Crippen LogP contribution >= 0.6 is 0 Å². The van der Waals surface area contributed by atoms with Gasteiger partial charge in [-0.15, -0.1) is 0 Å². The van der Waals surface area contributed by atoms with Crippen LogP contribution in [0.25, 0.3) is 10.8 Å². The summed E-state index contributed by atoms with van der Waals surface area (Å²) in [4.78, 5) is 37.8. The van der Waals surface area contributed by atoms with Gasteiger partial charge in [-0.05, 0) is 24.6 Å². The molecular formula is C22H23N3O4. The highest BCUT2D eigenvalue weighted by molar-refractivity contribution is 6.12. The third-order valence-electron chi connectivity index (χ3n) is 4.64. The molecule has 1 amide bonds. The van der Waals surface area contributed by atoms with Crippen LogP contribution in [-0.2, 0) is 11.3 Å². The number of esters is 1. The summed E-state index contributed by atoms with van der Waals surface area (Å²) in [6, 6.07) is 13.5. The van der Waals surface area contributed by atoms with Crippen molar-refractivity contribution in [2.24, 2.45) is 0 Å². The van der Waals surface area contributed by atoms with Crippen LogP contribution in [0.3, 0.4) is 0 Å². The summed E-state index contributed by atoms with van der Waals surface area (Å²) in [6.07, 6.45) is 2.78. The maximum absolute atomic E-state index is 13.0. The topological polar surface area (TPSA) is 90.3 Å². The van der Waals surface area contributed by atoms with Gasteiger partial charge in [-0.2, -0.15) is 5.10 Å². The fraction of sp³-hybridized carbons (Fsp3) is 0.273. The summed E-state index contributed by atoms with van der Waals surface area (Å²) in [5.41, 5.74) is 0.475. The second-order valence-corrected chi connectivity index (χ2v) is 6.62. The molecule has 7 heteroatoms. The lowest BCUT2D eigenvalue weighted by molar-refractivity contribution is 0.0602. The first-order chi connectivity index (χ1) is 14.1. The lowest BCUT2D eigenvalue weighted by Crippen LogP contribution is -2.28. The van der Waals surface area contributed by atoms with Crippen LogP contribution in [0.4, 0.5) is 5.69 Å². The van der Waals surface area contributed by atoms with Crippen LogP contribution in [0.1, 0.15) is 47.0 Å². The van der Waals surface area contributed by atoms with E-state index < -0.39 is 11.9 Å². The minimum absolute atomic E-state index is 0.136. The Morgan fingerprint density at radius 1 is 1.03 bits per heavy atom. The van der Waals surface area contributed by atoms with Crippen molar-refractivity contribution in [3.05, 3.63) is 70.1 Å². The lowest BCUT2D eigenvalue weighted by Gasteiger charge is -2.12. The number of unbranched alkanes of at least 4 members (excludes halogenated alkanes) is 2. The number of para-hydroxylation sites is 1. The zero-order valence-corrected chi connectivity index (χ0v) is 16.5. The van der Waals surface area contributed by atoms with Gasteiger partial charge in [-0.25, -0.2) is 9.48 Å². The number of ether oxygens (including phenoxy) is 1. The van der Waals surface area contributed by atoms with Gasteiger partial charge in [-0.1, -0.05) is 50.1 Å². The molecule has 0 aliphatic carbocycles. The van der Waals surface area contributed by atoms with Gasteiger partial charge in [0.25, 0.3) is 11.5 Å². The Balaban J connectivity index is 2.03. The predicted octanol–water partition coefficient (Wildman–Crippen LogP) is 3.63. The number of aryl methyl sites for hydroxylation is 1. The van der Waals surface area contributed by atoms with E-state index in [0.29, 0.717) is 23.0 Å². The van der Waals surface area contributed by atoms with E-state index in [2.05, 4.69) is 17.3 Å². The van der Waals surface area contributed by atoms with E-state index in [1.54, 1.807) is 48.5 Å². The van der Waals surface area contributed by atoms with Crippen molar-refractivity contribution in [1.29, 1.82) is 0 Å². The number of carbonyl (C=O) groups excluding carboxylic acids is 2. The maximum Gasteiger partial charge on any atom is 0.339 e. The van der Waals surface area contributed by atoms with Crippen molar-refractivity contribution in [1.82, 2.24) is 9.78 Å². The van der Waals surface area contributed by atoms with Gasteiger partial charge >= 0.3 is 5.97 Å². The highest BCUT2D eigenvalue weighted by Gasteiger charge is 2.19. The molecule has 1 aromatic heterocycles. The Labute approximate surface area is 168 Å². The highest BCUT2D eigenvalue weighted by Crippen LogP contribution is 2.19. The van der Waals surface area contributed by atoms with E-state index >= 15 is 0 Å². The zero-order chi connectivity index (χ0) is 20.8. The second kappa shape index (κ2) is 9.14. The van der Waals surface area contributed by atoms with Gasteiger partial charge in [0.1, 0.15) is 0 Å². The number of nitrogens with zero attached hydrogens (tertiary/aromatic N) is 2. The summed E-state index contributed by atoms with van der Waals surface area (Å²) < 4.78 is 6.12. The highest BCUT2D eigenvalue weighted by atomic mass is 16.5. The first-order valence-electron chi connectivity index (χ1n) is 9.55. The number of amides is 1. The minimum atomic E-state index is -0.553. The number of benzene rings is 2. The van der Waals surface area contributed by atoms with Crippen LogP contribution in [0.2, 0.25) is 0 Å². The molecule has 3 rings (SSSR count). The normalized spacial score (nSPS) is 10.7. The number of methoxy groups -OCH3 is 1. The minimum Gasteiger partial charge on any atom is -0.465 e. The standard InChI is InChI=1S/C22H23N3O4/c1-3-4-9-14-25-21(27)16-11-6-5-10-15(16)19(24-25)20(26)23-18-13-8-7-12-17(18)22(28)29-2/h5-8,10-13H,3-4,9,14H2,1-2H3,(H,23,26). The van der Waals surface area contributed by atoms with E-state index in [0.717, 1.165) is 19.3 Å². The molecule has 0 radical (unpaired) electrons. The summed E-state index contributed by atoms with van der Waals surface area (Å²) >= 11 is 0. The molecule has 0 fully saturated rings. The molecule has 0 aliphatic heterocycles. The second-order valence-electron chi connectivity index (χ2n) is 6.62. The molecular weight excluding hydrogens is 370 g/mol. The Morgan fingerprint density at radius 2 is 1.72 bits per heavy atom. The molecule has 1 N–H and O–H groups in total. The van der Waals surface area contributed by atoms with Crippen LogP contribution in [-0.4, -0.2) is 28.8 Å². The molecule has 3 aromatic rings. The number of rotatable bonds is 7. The molecule has 0 bridgehead atoms. The van der Waals surface area contributed by atoms with Crippen molar-refractivity contribution in [3.8, 4) is 0 Å². The molecule has 150 valence electrons. The summed E-state index contributed by atoms with van der Waals surface area (Å²) in [7, 11) is 1.28. The average Bonchev–Trinajstić information content (AvgIpc) is 2.75. The molecule has 0 spiro atoms. The Bertz CT molecular complexity index is 1100. The molecule has 0 unspecified atom stereocenters. The zero-order valence-electron chi connectivity index (χ0n) is 16.5. The molecule has 0 atom stereocenters. The van der Waals surface area contributed by atoms with Gasteiger partial charge in [0.05, 0.1) is 23.7 Å². The number of fused-ring (bicyclic) bond motifs is 1. The van der Waals surface area contributed by atoms with Crippen molar-refractivity contribution < 1.29 is 14.3 Å². The number of hydrogen-bond donors (Lipinski definition) is 1. The molecule has 2 aromatic carbocycles. The number of aromatic nitrogens is 2. The van der Waals surface area contributed by atoms with E-state index in [1.165, 1.54) is 11.8 Å². The van der Waals surface area contributed by atoms with E-state index in [9.17, 15) is 14.4 Å². The van der Waals surface area contributed by atoms with Crippen molar-refractivity contribution in [2.75, 3.05) is 12.4 Å². The van der Waals surface area contributed by atoms with Crippen molar-refractivity contribution in [2.45, 2.75) is 32.7 Å². The maximum atomic E-state index is 13.0. The third-order valence-corrected chi connectivity index (χ3v) is 4.64. The first kappa shape index (κ1) is 20.3. The van der Waals surface area contributed by atoms with Crippen LogP contribution in [0, 0.1) is 0 Å². The molecule has 0 aliphatic rings. The summed E-state index contributed by atoms with van der Waals surface area (Å²) in [5.74, 6) is -1.05. The number of nitrogens with one attached hydrogen (secondary N) is 1. The van der Waals surface area contributed by atoms with Crippen molar-refractivity contribution in [3.63, 3.8) is 0 Å². The average molecular weight is 393 g/mol. The van der Waals surface area contributed by atoms with Gasteiger partial charge < -0.3 is 10.1 Å². The fourth-order valence-electron chi connectivity index (χ4n) is 3.13. The van der Waals surface area contributed by atoms with Crippen LogP contribution < -0.4 is 10.9 Å². The van der Waals surface area contributed by atoms with E-state index in [4.69, 9.17) is 4.74 Å².